The van der Waals surface area contributed by atoms with Gasteiger partial charge in [-0.05, 0) is 0 Å². The minimum atomic E-state index is -5.11. The molecule has 1 atom stereocenters. The quantitative estimate of drug-likeness (QED) is 0.160. The molecule has 0 nitrogen and oxygen atoms in total. The van der Waals surface area contributed by atoms with Crippen LogP contribution in [0.2, 0.25) is 0 Å². The monoisotopic (exact) mass is 826 g/mol. The van der Waals surface area contributed by atoms with Crippen molar-refractivity contribution < 1.29 is 18.3 Å². The van der Waals surface area contributed by atoms with Gasteiger partial charge in [-0.15, -0.1) is 24.8 Å². The van der Waals surface area contributed by atoms with Crippen LogP contribution >= 0.6 is 24.8 Å². The molecule has 0 bridgehead atoms. The summed E-state index contributed by atoms with van der Waals surface area (Å²) in [5.41, 5.74) is 15.8. The second-order valence-electron chi connectivity index (χ2n) is 19.5. The Balaban J connectivity index is 0.00000314. The molecule has 0 spiro atoms. The van der Waals surface area contributed by atoms with Crippen LogP contribution in [0.15, 0.2) is 87.7 Å². The molecule has 4 aromatic carbocycles. The fourth-order valence-electron chi connectivity index (χ4n) is 9.94. The molecule has 4 aromatic rings. The third-order valence-electron chi connectivity index (χ3n) is 12.5. The van der Waals surface area contributed by atoms with E-state index in [0.717, 1.165) is 19.3 Å². The van der Waals surface area contributed by atoms with Gasteiger partial charge in [0.15, 0.2) is 0 Å². The van der Waals surface area contributed by atoms with Crippen LogP contribution in [0.3, 0.4) is 0 Å². The van der Waals surface area contributed by atoms with E-state index >= 15 is 0 Å². The van der Waals surface area contributed by atoms with Gasteiger partial charge in [-0.25, -0.2) is 0 Å². The van der Waals surface area contributed by atoms with E-state index in [1.54, 1.807) is 6.55 Å². The molecular weight excluding hydrogens is 763 g/mol. The van der Waals surface area contributed by atoms with Crippen molar-refractivity contribution in [3.05, 3.63) is 132 Å². The van der Waals surface area contributed by atoms with E-state index in [1.807, 2.05) is 0 Å². The van der Waals surface area contributed by atoms with Gasteiger partial charge in [-0.1, -0.05) is 0 Å². The van der Waals surface area contributed by atoms with E-state index in [4.69, 9.17) is 4.21 Å². The molecule has 0 aliphatic heterocycles. The van der Waals surface area contributed by atoms with Crippen molar-refractivity contribution in [2.24, 2.45) is 11.3 Å². The average Bonchev–Trinajstić information content (AvgIpc) is 3.61. The van der Waals surface area contributed by atoms with Crippen molar-refractivity contribution in [3.63, 3.8) is 0 Å². The fourth-order valence-corrected chi connectivity index (χ4v) is 27.2. The summed E-state index contributed by atoms with van der Waals surface area (Å²) in [6, 6.07) is 27.1. The van der Waals surface area contributed by atoms with Crippen molar-refractivity contribution in [1.29, 1.82) is 0 Å². The summed E-state index contributed by atoms with van der Waals surface area (Å²) < 4.78 is 12.1. The van der Waals surface area contributed by atoms with E-state index in [0.29, 0.717) is 5.92 Å². The van der Waals surface area contributed by atoms with Gasteiger partial charge in [0, 0.05) is 0 Å². The molecule has 3 heteroatoms. The van der Waals surface area contributed by atoms with Crippen LogP contribution < -0.4 is 9.81 Å². The Hall–Kier alpha value is -2.31. The second kappa shape index (κ2) is 14.6. The number of fused-ring (bicyclic) bond motifs is 3. The molecule has 0 amide bonds. The first-order chi connectivity index (χ1) is 23.6. The van der Waals surface area contributed by atoms with Gasteiger partial charge in [0.25, 0.3) is 0 Å². The summed E-state index contributed by atoms with van der Waals surface area (Å²) in [5.74, 6) is 0.349. The zero-order chi connectivity index (χ0) is 37.5. The predicted octanol–water partition coefficient (Wildman–Crippen LogP) is 12.6. The average molecular weight is 829 g/mol. The summed E-state index contributed by atoms with van der Waals surface area (Å²) in [6.07, 6.45) is 8.56. The van der Waals surface area contributed by atoms with Crippen molar-refractivity contribution >= 4 is 38.8 Å². The zero-order valence-electron chi connectivity index (χ0n) is 35.2. The number of hydrogen-bond acceptors (Lipinski definition) is 0. The minimum absolute atomic E-state index is 0. The Morgan fingerprint density at radius 1 is 0.660 bits per heavy atom. The molecule has 1 unspecified atom stereocenters. The van der Waals surface area contributed by atoms with Crippen molar-refractivity contribution in [2.75, 3.05) is 0 Å². The molecule has 0 fully saturated rings. The molecule has 2 aliphatic carbocycles. The van der Waals surface area contributed by atoms with E-state index < -0.39 is 18.3 Å². The van der Waals surface area contributed by atoms with Gasteiger partial charge in [-0.3, -0.25) is 0 Å². The zero-order valence-corrected chi connectivity index (χ0v) is 39.3. The Labute approximate surface area is 336 Å². The fraction of sp³-hybridized carbons (Fsp3) is 0.420. The number of halogens is 2. The Kier molecular flexibility index (Phi) is 12.0. The number of allylic oxidation sites excluding steroid dienone is 4. The van der Waals surface area contributed by atoms with E-state index in [9.17, 15) is 0 Å². The summed E-state index contributed by atoms with van der Waals surface area (Å²) in [7, 11) is 0. The molecule has 0 aromatic heterocycles. The van der Waals surface area contributed by atoms with Gasteiger partial charge in [-0.2, -0.15) is 0 Å². The first-order valence-electron chi connectivity index (χ1n) is 19.5. The first-order valence-corrected chi connectivity index (χ1v) is 26.2. The maximum atomic E-state index is 6.01. The van der Waals surface area contributed by atoms with Crippen molar-refractivity contribution in [2.45, 2.75) is 127 Å². The maximum absolute atomic E-state index is 6.01. The molecule has 53 heavy (non-hydrogen) atoms. The molecule has 0 N–H and O–H groups in total. The van der Waals surface area contributed by atoms with Crippen LogP contribution in [0.4, 0.5) is 0 Å². The predicted molar refractivity (Wildman–Crippen MR) is 238 cm³/mol. The number of aryl methyl sites for hydroxylation is 3. The van der Waals surface area contributed by atoms with Crippen molar-refractivity contribution in [1.82, 2.24) is 0 Å². The number of rotatable bonds is 6. The second-order valence-corrected chi connectivity index (χ2v) is 32.2. The first kappa shape index (κ1) is 43.4. The third kappa shape index (κ3) is 7.04. The summed E-state index contributed by atoms with van der Waals surface area (Å²) >= 11 is -5.11. The molecule has 2 aliphatic rings. The topological polar surface area (TPSA) is 0 Å². The van der Waals surface area contributed by atoms with Crippen LogP contribution in [-0.2, 0) is 35.5 Å². The SMILES string of the molecule is Cl.Cl.[CH2]=[Zr]([C]1=CC(C(C)(C)C)=CC1CCC)([c]1ccc(C)cc1)([c]1ccc(C)cc1)[c]1c(C)c(C(C)(C)C)cc2c1Cc1cc(C)c(C(C)(C)C)cc1-2. The molecule has 284 valence electrons. The van der Waals surface area contributed by atoms with Gasteiger partial charge in [0.2, 0.25) is 0 Å². The third-order valence-corrected chi connectivity index (χ3v) is 29.2. The van der Waals surface area contributed by atoms with E-state index in [2.05, 4.69) is 176 Å². The van der Waals surface area contributed by atoms with Crippen LogP contribution in [0.5, 0.6) is 0 Å². The number of benzene rings is 4. The molecular formula is C50H66Cl2Zr. The number of hydrogen-bond donors (Lipinski definition) is 0. The normalized spacial score (nSPS) is 15.9. The molecule has 0 saturated heterocycles. The Bertz CT molecular complexity index is 2100. The molecule has 0 saturated carbocycles. The van der Waals surface area contributed by atoms with Gasteiger partial charge >= 0.3 is 314 Å². The van der Waals surface area contributed by atoms with Crippen LogP contribution in [0.25, 0.3) is 11.1 Å². The molecule has 0 radical (unpaired) electrons. The Morgan fingerprint density at radius 3 is 1.60 bits per heavy atom. The van der Waals surface area contributed by atoms with Gasteiger partial charge in [0.1, 0.15) is 0 Å². The van der Waals surface area contributed by atoms with Crippen LogP contribution in [-0.4, -0.2) is 4.21 Å². The Morgan fingerprint density at radius 2 is 1.15 bits per heavy atom. The van der Waals surface area contributed by atoms with Gasteiger partial charge in [0.05, 0.1) is 0 Å². The molecule has 0 heterocycles. The van der Waals surface area contributed by atoms with Gasteiger partial charge < -0.3 is 0 Å². The van der Waals surface area contributed by atoms with Crippen LogP contribution in [0, 0.1) is 39.0 Å². The van der Waals surface area contributed by atoms with Crippen molar-refractivity contribution in [3.8, 4) is 11.1 Å². The van der Waals surface area contributed by atoms with Crippen LogP contribution in [0.1, 0.15) is 127 Å². The summed E-state index contributed by atoms with van der Waals surface area (Å²) in [4.78, 5) is 0. The molecule has 6 rings (SSSR count). The summed E-state index contributed by atoms with van der Waals surface area (Å²) in [6.45, 7) is 33.1. The standard InChI is InChI=1S/C23H29.C12H19.2C7H7.CH2.2ClH.Zr/c1-14-9-16-11-17-10-15(2)21(23(6,7)8)13-19(17)18(16)12-20(14)22(3,4)5;1-5-6-10-7-8-11(9-10)12(2,3)4;2*1-7-5-3-2-4-6-7;;;;/h9,12-13H,11H2,1-8H3;8-10H,5-6H2,1-4H3;2*3-6H,1H3;1H2;2*1H;. The van der Waals surface area contributed by atoms with E-state index in [-0.39, 0.29) is 41.1 Å². The van der Waals surface area contributed by atoms with E-state index in [1.165, 1.54) is 67.8 Å². The summed E-state index contributed by atoms with van der Waals surface area (Å²) in [5, 5.41) is 0.